The van der Waals surface area contributed by atoms with Crippen LogP contribution in [0.2, 0.25) is 0 Å². The predicted molar refractivity (Wildman–Crippen MR) is 73.1 cm³/mol. The van der Waals surface area contributed by atoms with E-state index in [1.807, 2.05) is 0 Å². The van der Waals surface area contributed by atoms with E-state index in [1.165, 1.54) is 0 Å². The van der Waals surface area contributed by atoms with E-state index >= 15 is 0 Å². The summed E-state index contributed by atoms with van der Waals surface area (Å²) in [6.07, 6.45) is 2.63. The molecule has 106 valence electrons. The zero-order valence-electron chi connectivity index (χ0n) is 11.0. The van der Waals surface area contributed by atoms with E-state index in [0.29, 0.717) is 5.56 Å². The maximum Gasteiger partial charge on any atom is 0.241 e. The van der Waals surface area contributed by atoms with Gasteiger partial charge in [-0.1, -0.05) is 18.2 Å². The lowest BCUT2D eigenvalue weighted by atomic mass is 10.2. The van der Waals surface area contributed by atoms with Crippen molar-refractivity contribution >= 4 is 10.0 Å². The van der Waals surface area contributed by atoms with Gasteiger partial charge >= 0.3 is 0 Å². The fourth-order valence-electron chi connectivity index (χ4n) is 2.54. The van der Waals surface area contributed by atoms with Gasteiger partial charge in [-0.3, -0.25) is 0 Å². The zero-order valence-corrected chi connectivity index (χ0v) is 11.8. The molecule has 19 heavy (non-hydrogen) atoms. The summed E-state index contributed by atoms with van der Waals surface area (Å²) in [5.74, 6) is 0. The minimum Gasteiger partial charge on any atom is -0.380 e. The van der Waals surface area contributed by atoms with Crippen LogP contribution in [0.25, 0.3) is 0 Å². The monoisotopic (exact) mass is 284 g/mol. The molecule has 1 saturated carbocycles. The van der Waals surface area contributed by atoms with Gasteiger partial charge in [0, 0.05) is 19.7 Å². The van der Waals surface area contributed by atoms with Crippen LogP contribution in [-0.4, -0.2) is 27.7 Å². The third-order valence-corrected chi connectivity index (χ3v) is 5.13. The lowest BCUT2D eigenvalue weighted by Gasteiger charge is -2.20. The number of nitrogens with two attached hydrogens (primary N) is 1. The first-order valence-corrected chi connectivity index (χ1v) is 7.90. The fraction of sp³-hybridized carbons (Fsp3) is 0.538. The van der Waals surface area contributed by atoms with Gasteiger partial charge in [-0.2, -0.15) is 0 Å². The predicted octanol–water partition coefficient (Wildman–Crippen LogP) is 0.991. The van der Waals surface area contributed by atoms with Gasteiger partial charge in [0.1, 0.15) is 0 Å². The van der Waals surface area contributed by atoms with Crippen LogP contribution < -0.4 is 10.5 Å². The van der Waals surface area contributed by atoms with Crippen LogP contribution in [0.15, 0.2) is 29.2 Å². The number of ether oxygens (including phenoxy) is 1. The van der Waals surface area contributed by atoms with Crippen LogP contribution in [0.5, 0.6) is 0 Å². The molecule has 5 nitrogen and oxygen atoms in total. The molecule has 1 aromatic carbocycles. The van der Waals surface area contributed by atoms with Gasteiger partial charge in [0.2, 0.25) is 10.0 Å². The number of hydrogen-bond acceptors (Lipinski definition) is 4. The average molecular weight is 284 g/mol. The van der Waals surface area contributed by atoms with Gasteiger partial charge < -0.3 is 10.5 Å². The van der Waals surface area contributed by atoms with Gasteiger partial charge in [-0.25, -0.2) is 13.1 Å². The maximum absolute atomic E-state index is 12.4. The lowest BCUT2D eigenvalue weighted by molar-refractivity contribution is 0.0916. The Morgan fingerprint density at radius 2 is 2.11 bits per heavy atom. The second kappa shape index (κ2) is 6.00. The molecule has 0 aromatic heterocycles. The highest BCUT2D eigenvalue weighted by atomic mass is 32.2. The van der Waals surface area contributed by atoms with Gasteiger partial charge in [0.15, 0.2) is 0 Å². The van der Waals surface area contributed by atoms with Gasteiger partial charge in [0.05, 0.1) is 11.0 Å². The van der Waals surface area contributed by atoms with E-state index in [1.54, 1.807) is 31.4 Å². The van der Waals surface area contributed by atoms with Crippen LogP contribution in [0.4, 0.5) is 0 Å². The highest BCUT2D eigenvalue weighted by molar-refractivity contribution is 7.89. The number of sulfonamides is 1. The molecule has 1 aliphatic rings. The first-order chi connectivity index (χ1) is 9.08. The average Bonchev–Trinajstić information content (AvgIpc) is 2.85. The Hall–Kier alpha value is -0.950. The van der Waals surface area contributed by atoms with Crippen molar-refractivity contribution in [1.82, 2.24) is 4.72 Å². The molecule has 1 aliphatic carbocycles. The number of nitrogens with one attached hydrogen (secondary N) is 1. The summed E-state index contributed by atoms with van der Waals surface area (Å²) in [7, 11) is -1.92. The van der Waals surface area contributed by atoms with Crippen LogP contribution in [-0.2, 0) is 21.3 Å². The van der Waals surface area contributed by atoms with Crippen LogP contribution in [0.1, 0.15) is 24.8 Å². The minimum atomic E-state index is -3.54. The SMILES string of the molecule is COC1CCCC1NS(=O)(=O)c1ccccc1CN. The van der Waals surface area contributed by atoms with Gasteiger partial charge in [-0.15, -0.1) is 0 Å². The standard InChI is InChI=1S/C13H20N2O3S/c1-18-12-7-4-6-11(12)15-19(16,17)13-8-3-2-5-10(13)9-14/h2-3,5,8,11-12,15H,4,6-7,9,14H2,1H3. The van der Waals surface area contributed by atoms with Gasteiger partial charge in [0.25, 0.3) is 0 Å². The Kier molecular flexibility index (Phi) is 4.57. The summed E-state index contributed by atoms with van der Waals surface area (Å²) in [6, 6.07) is 6.66. The van der Waals surface area contributed by atoms with Crippen LogP contribution in [0, 0.1) is 0 Å². The van der Waals surface area contributed by atoms with Crippen molar-refractivity contribution in [2.75, 3.05) is 7.11 Å². The summed E-state index contributed by atoms with van der Waals surface area (Å²) in [5, 5.41) is 0. The smallest absolute Gasteiger partial charge is 0.241 e. The van der Waals surface area contributed by atoms with E-state index in [9.17, 15) is 8.42 Å². The Balaban J connectivity index is 2.23. The summed E-state index contributed by atoms with van der Waals surface area (Å²) in [6.45, 7) is 0.204. The number of rotatable bonds is 5. The lowest BCUT2D eigenvalue weighted by Crippen LogP contribution is -2.41. The molecule has 2 rings (SSSR count). The molecule has 0 aliphatic heterocycles. The van der Waals surface area contributed by atoms with E-state index < -0.39 is 10.0 Å². The van der Waals surface area contributed by atoms with Crippen molar-refractivity contribution in [3.05, 3.63) is 29.8 Å². The van der Waals surface area contributed by atoms with Crippen molar-refractivity contribution in [3.8, 4) is 0 Å². The van der Waals surface area contributed by atoms with Crippen molar-refractivity contribution < 1.29 is 13.2 Å². The summed E-state index contributed by atoms with van der Waals surface area (Å²) < 4.78 is 32.9. The van der Waals surface area contributed by atoms with Gasteiger partial charge in [-0.05, 0) is 30.9 Å². The third-order valence-electron chi connectivity index (χ3n) is 3.54. The van der Waals surface area contributed by atoms with Crippen LogP contribution in [0.3, 0.4) is 0 Å². The van der Waals surface area contributed by atoms with Crippen LogP contribution >= 0.6 is 0 Å². The van der Waals surface area contributed by atoms with Crippen molar-refractivity contribution in [3.63, 3.8) is 0 Å². The molecular weight excluding hydrogens is 264 g/mol. The van der Waals surface area contributed by atoms with E-state index in [-0.39, 0.29) is 23.6 Å². The summed E-state index contributed by atoms with van der Waals surface area (Å²) in [5.41, 5.74) is 6.22. The third kappa shape index (κ3) is 3.14. The molecule has 0 spiro atoms. The molecule has 1 fully saturated rings. The number of hydrogen-bond donors (Lipinski definition) is 2. The quantitative estimate of drug-likeness (QED) is 0.845. The maximum atomic E-state index is 12.4. The van der Waals surface area contributed by atoms with Crippen molar-refractivity contribution in [2.45, 2.75) is 42.8 Å². The molecule has 1 aromatic rings. The van der Waals surface area contributed by atoms with E-state index in [4.69, 9.17) is 10.5 Å². The summed E-state index contributed by atoms with van der Waals surface area (Å²) in [4.78, 5) is 0.263. The second-order valence-corrected chi connectivity index (χ2v) is 6.43. The first-order valence-electron chi connectivity index (χ1n) is 6.41. The molecule has 2 atom stereocenters. The first kappa shape index (κ1) is 14.5. The Bertz CT molecular complexity index is 530. The molecular formula is C13H20N2O3S. The molecule has 0 amide bonds. The van der Waals surface area contributed by atoms with Crippen molar-refractivity contribution in [2.24, 2.45) is 5.73 Å². The highest BCUT2D eigenvalue weighted by Crippen LogP contribution is 2.24. The normalized spacial score (nSPS) is 23.7. The fourth-order valence-corrected chi connectivity index (χ4v) is 4.09. The Morgan fingerprint density at radius 1 is 1.37 bits per heavy atom. The molecule has 3 N–H and O–H groups in total. The molecule has 0 heterocycles. The largest absolute Gasteiger partial charge is 0.380 e. The topological polar surface area (TPSA) is 81.4 Å². The Morgan fingerprint density at radius 3 is 2.79 bits per heavy atom. The summed E-state index contributed by atoms with van der Waals surface area (Å²) >= 11 is 0. The molecule has 0 bridgehead atoms. The molecule has 2 unspecified atom stereocenters. The zero-order chi connectivity index (χ0) is 13.9. The molecule has 6 heteroatoms. The molecule has 0 radical (unpaired) electrons. The molecule has 0 saturated heterocycles. The van der Waals surface area contributed by atoms with Crippen molar-refractivity contribution in [1.29, 1.82) is 0 Å². The van der Waals surface area contributed by atoms with E-state index in [0.717, 1.165) is 19.3 Å². The Labute approximate surface area is 114 Å². The second-order valence-electron chi connectivity index (χ2n) is 4.74. The highest BCUT2D eigenvalue weighted by Gasteiger charge is 2.31. The van der Waals surface area contributed by atoms with E-state index in [2.05, 4.69) is 4.72 Å². The minimum absolute atomic E-state index is 0.0418. The number of benzene rings is 1. The number of methoxy groups -OCH3 is 1.